The molecule has 0 spiro atoms. The second kappa shape index (κ2) is 10.2. The number of benzene rings is 1. The molecule has 0 fully saturated rings. The number of aliphatic hydroxyl groups is 2. The summed E-state index contributed by atoms with van der Waals surface area (Å²) in [6, 6.07) is 5.86. The highest BCUT2D eigenvalue weighted by Crippen LogP contribution is 2.19. The molecular weight excluding hydrogens is 266 g/mol. The van der Waals surface area contributed by atoms with Crippen LogP contribution in [0.4, 0.5) is 0 Å². The fourth-order valence-corrected chi connectivity index (χ4v) is 2.05. The Hall–Kier alpha value is -1.54. The van der Waals surface area contributed by atoms with Gasteiger partial charge in [-0.15, -0.1) is 0 Å². The molecule has 4 heteroatoms. The molecule has 0 saturated heterocycles. The standard InChI is InChI=1S/C17H25NO3/c1-3-18(10-6-12-20)14-16-13-17(21-2)9-8-15(16)7-4-5-11-19/h8-9,13,19-20H,3,5-6,10-12,14H2,1-2H3. The van der Waals surface area contributed by atoms with E-state index in [0.717, 1.165) is 42.9 Å². The monoisotopic (exact) mass is 291 g/mol. The SMILES string of the molecule is CCN(CCCO)Cc1cc(OC)ccc1C#CCCO. The van der Waals surface area contributed by atoms with Crippen LogP contribution in [-0.2, 0) is 6.54 Å². The first-order chi connectivity index (χ1) is 10.2. The Morgan fingerprint density at radius 1 is 1.24 bits per heavy atom. The van der Waals surface area contributed by atoms with E-state index in [1.165, 1.54) is 0 Å². The van der Waals surface area contributed by atoms with Gasteiger partial charge in [0.05, 0.1) is 13.7 Å². The van der Waals surface area contributed by atoms with Crippen molar-refractivity contribution in [2.75, 3.05) is 33.4 Å². The number of hydrogen-bond acceptors (Lipinski definition) is 4. The lowest BCUT2D eigenvalue weighted by molar-refractivity contribution is 0.225. The molecule has 2 N–H and O–H groups in total. The van der Waals surface area contributed by atoms with Gasteiger partial charge >= 0.3 is 0 Å². The van der Waals surface area contributed by atoms with E-state index in [-0.39, 0.29) is 13.2 Å². The molecule has 0 amide bonds. The summed E-state index contributed by atoms with van der Waals surface area (Å²) in [6.45, 7) is 4.94. The number of hydrogen-bond donors (Lipinski definition) is 2. The van der Waals surface area contributed by atoms with Gasteiger partial charge in [0, 0.05) is 31.7 Å². The molecule has 0 aliphatic heterocycles. The molecule has 21 heavy (non-hydrogen) atoms. The molecular formula is C17H25NO3. The molecule has 1 aromatic carbocycles. The maximum Gasteiger partial charge on any atom is 0.119 e. The summed E-state index contributed by atoms with van der Waals surface area (Å²) in [5.41, 5.74) is 2.08. The van der Waals surface area contributed by atoms with Crippen molar-refractivity contribution in [1.82, 2.24) is 4.90 Å². The lowest BCUT2D eigenvalue weighted by atomic mass is 10.1. The lowest BCUT2D eigenvalue weighted by Crippen LogP contribution is -2.25. The first-order valence-electron chi connectivity index (χ1n) is 7.35. The van der Waals surface area contributed by atoms with Crippen molar-refractivity contribution in [2.24, 2.45) is 0 Å². The summed E-state index contributed by atoms with van der Waals surface area (Å²) < 4.78 is 5.29. The van der Waals surface area contributed by atoms with Gasteiger partial charge in [-0.1, -0.05) is 18.8 Å². The van der Waals surface area contributed by atoms with Crippen molar-refractivity contribution in [3.05, 3.63) is 29.3 Å². The van der Waals surface area contributed by atoms with Crippen LogP contribution in [0.25, 0.3) is 0 Å². The van der Waals surface area contributed by atoms with Crippen molar-refractivity contribution in [1.29, 1.82) is 0 Å². The van der Waals surface area contributed by atoms with Crippen molar-refractivity contribution < 1.29 is 14.9 Å². The summed E-state index contributed by atoms with van der Waals surface area (Å²) in [5.74, 6) is 6.89. The van der Waals surface area contributed by atoms with Gasteiger partial charge in [-0.2, -0.15) is 0 Å². The van der Waals surface area contributed by atoms with E-state index in [1.807, 2.05) is 18.2 Å². The molecule has 0 aliphatic rings. The van der Waals surface area contributed by atoms with Gasteiger partial charge in [0.2, 0.25) is 0 Å². The third kappa shape index (κ3) is 6.17. The van der Waals surface area contributed by atoms with E-state index < -0.39 is 0 Å². The van der Waals surface area contributed by atoms with E-state index in [4.69, 9.17) is 14.9 Å². The molecule has 0 radical (unpaired) electrons. The van der Waals surface area contributed by atoms with Gasteiger partial charge in [-0.3, -0.25) is 4.90 Å². The largest absolute Gasteiger partial charge is 0.497 e. The van der Waals surface area contributed by atoms with Gasteiger partial charge in [0.15, 0.2) is 0 Å². The van der Waals surface area contributed by atoms with Crippen LogP contribution in [0.2, 0.25) is 0 Å². The normalized spacial score (nSPS) is 10.3. The summed E-state index contributed by atoms with van der Waals surface area (Å²) in [6.07, 6.45) is 1.25. The van der Waals surface area contributed by atoms with Gasteiger partial charge in [0.25, 0.3) is 0 Å². The average Bonchev–Trinajstić information content (AvgIpc) is 2.52. The Morgan fingerprint density at radius 3 is 2.67 bits per heavy atom. The summed E-state index contributed by atoms with van der Waals surface area (Å²) in [5, 5.41) is 17.8. The predicted octanol–water partition coefficient (Wildman–Crippen LogP) is 1.63. The third-order valence-electron chi connectivity index (χ3n) is 3.25. The minimum atomic E-state index is 0.0794. The molecule has 0 aliphatic carbocycles. The molecule has 0 bridgehead atoms. The van der Waals surface area contributed by atoms with Crippen LogP contribution in [-0.4, -0.2) is 48.5 Å². The van der Waals surface area contributed by atoms with E-state index in [9.17, 15) is 0 Å². The summed E-state index contributed by atoms with van der Waals surface area (Å²) >= 11 is 0. The highest BCUT2D eigenvalue weighted by molar-refractivity contribution is 5.45. The highest BCUT2D eigenvalue weighted by Gasteiger charge is 2.08. The van der Waals surface area contributed by atoms with Crippen LogP contribution in [0.1, 0.15) is 30.9 Å². The molecule has 0 aromatic heterocycles. The first kappa shape index (κ1) is 17.5. The van der Waals surface area contributed by atoms with Crippen LogP contribution in [0.15, 0.2) is 18.2 Å². The van der Waals surface area contributed by atoms with Crippen molar-refractivity contribution in [2.45, 2.75) is 26.3 Å². The van der Waals surface area contributed by atoms with Gasteiger partial charge < -0.3 is 14.9 Å². The van der Waals surface area contributed by atoms with Crippen LogP contribution < -0.4 is 4.74 Å². The van der Waals surface area contributed by atoms with E-state index in [0.29, 0.717) is 6.42 Å². The smallest absolute Gasteiger partial charge is 0.119 e. The summed E-state index contributed by atoms with van der Waals surface area (Å²) in [4.78, 5) is 2.27. The van der Waals surface area contributed by atoms with Gasteiger partial charge in [-0.25, -0.2) is 0 Å². The molecule has 1 rings (SSSR count). The molecule has 0 saturated carbocycles. The fraction of sp³-hybridized carbons (Fsp3) is 0.529. The van der Waals surface area contributed by atoms with Crippen LogP contribution >= 0.6 is 0 Å². The van der Waals surface area contributed by atoms with Gasteiger partial charge in [0.1, 0.15) is 5.75 Å². The van der Waals surface area contributed by atoms with Crippen LogP contribution in [0.5, 0.6) is 5.75 Å². The number of nitrogens with zero attached hydrogens (tertiary/aromatic N) is 1. The van der Waals surface area contributed by atoms with Crippen LogP contribution in [0.3, 0.4) is 0 Å². The van der Waals surface area contributed by atoms with Crippen molar-refractivity contribution >= 4 is 0 Å². The lowest BCUT2D eigenvalue weighted by Gasteiger charge is -2.21. The van der Waals surface area contributed by atoms with Gasteiger partial charge in [-0.05, 0) is 36.7 Å². The van der Waals surface area contributed by atoms with Crippen molar-refractivity contribution in [3.8, 4) is 17.6 Å². The Labute approximate surface area is 127 Å². The number of methoxy groups -OCH3 is 1. The molecule has 1 aromatic rings. The van der Waals surface area contributed by atoms with E-state index in [2.05, 4.69) is 23.7 Å². The highest BCUT2D eigenvalue weighted by atomic mass is 16.5. The molecule has 116 valence electrons. The molecule has 0 atom stereocenters. The second-order valence-electron chi connectivity index (χ2n) is 4.74. The third-order valence-corrected chi connectivity index (χ3v) is 3.25. The molecule has 4 nitrogen and oxygen atoms in total. The Balaban J connectivity index is 2.92. The second-order valence-corrected chi connectivity index (χ2v) is 4.74. The topological polar surface area (TPSA) is 52.9 Å². The number of ether oxygens (including phenoxy) is 1. The zero-order valence-corrected chi connectivity index (χ0v) is 12.9. The number of rotatable bonds is 8. The molecule has 0 heterocycles. The van der Waals surface area contributed by atoms with E-state index in [1.54, 1.807) is 7.11 Å². The predicted molar refractivity (Wildman–Crippen MR) is 84.2 cm³/mol. The fourth-order valence-electron chi connectivity index (χ4n) is 2.05. The minimum Gasteiger partial charge on any atom is -0.497 e. The Kier molecular flexibility index (Phi) is 8.53. The Bertz CT molecular complexity index is 477. The quantitative estimate of drug-likeness (QED) is 0.715. The maximum absolute atomic E-state index is 8.96. The number of aliphatic hydroxyl groups excluding tert-OH is 2. The minimum absolute atomic E-state index is 0.0794. The summed E-state index contributed by atoms with van der Waals surface area (Å²) in [7, 11) is 1.65. The van der Waals surface area contributed by atoms with Crippen molar-refractivity contribution in [3.63, 3.8) is 0 Å². The first-order valence-corrected chi connectivity index (χ1v) is 7.35. The average molecular weight is 291 g/mol. The van der Waals surface area contributed by atoms with E-state index >= 15 is 0 Å². The van der Waals surface area contributed by atoms with Crippen LogP contribution in [0, 0.1) is 11.8 Å². The zero-order valence-electron chi connectivity index (χ0n) is 12.9. The Morgan fingerprint density at radius 2 is 2.05 bits per heavy atom. The molecule has 0 unspecified atom stereocenters. The zero-order chi connectivity index (χ0) is 15.5. The maximum atomic E-state index is 8.96.